The number of aryl methyl sites for hydroxylation is 1. The Balaban J connectivity index is 2.87. The first-order valence-corrected chi connectivity index (χ1v) is 7.72. The number of hydrogen-bond donors (Lipinski definition) is 3. The van der Waals surface area contributed by atoms with Crippen molar-refractivity contribution in [1.82, 2.24) is 10.2 Å². The van der Waals surface area contributed by atoms with E-state index in [1.54, 1.807) is 11.9 Å². The number of amides is 3. The summed E-state index contributed by atoms with van der Waals surface area (Å²) in [7, 11) is 1.75. The lowest BCUT2D eigenvalue weighted by Gasteiger charge is -2.30. The molecule has 5 N–H and O–H groups in total. The Kier molecular flexibility index (Phi) is 6.57. The molecule has 1 atom stereocenters. The van der Waals surface area contributed by atoms with Gasteiger partial charge in [0.25, 0.3) is 0 Å². The second-order valence-electron chi connectivity index (χ2n) is 6.74. The highest BCUT2D eigenvalue weighted by Gasteiger charge is 2.25. The van der Waals surface area contributed by atoms with Crippen LogP contribution in [-0.4, -0.2) is 37.0 Å². The van der Waals surface area contributed by atoms with Crippen LogP contribution >= 0.6 is 0 Å². The highest BCUT2D eigenvalue weighted by atomic mass is 16.2. The van der Waals surface area contributed by atoms with E-state index in [0.29, 0.717) is 13.1 Å². The summed E-state index contributed by atoms with van der Waals surface area (Å²) >= 11 is 0. The van der Waals surface area contributed by atoms with E-state index in [2.05, 4.69) is 5.32 Å². The van der Waals surface area contributed by atoms with Gasteiger partial charge in [-0.15, -0.1) is 0 Å². The number of benzene rings is 1. The molecular weight excluding hydrogens is 292 g/mol. The maximum Gasteiger partial charge on any atom is 0.312 e. The number of hydrogen-bond acceptors (Lipinski definition) is 3. The fourth-order valence-electron chi connectivity index (χ4n) is 2.51. The van der Waals surface area contributed by atoms with Crippen molar-refractivity contribution in [1.29, 1.82) is 0 Å². The quantitative estimate of drug-likeness (QED) is 0.710. The van der Waals surface area contributed by atoms with Crippen LogP contribution in [0, 0.1) is 12.3 Å². The molecule has 6 heteroatoms. The minimum absolute atomic E-state index is 0.0615. The summed E-state index contributed by atoms with van der Waals surface area (Å²) in [5.74, 6) is -0.0615. The monoisotopic (exact) mass is 320 g/mol. The molecule has 1 unspecified atom stereocenters. The molecule has 1 aromatic carbocycles. The fraction of sp³-hybridized carbons (Fsp3) is 0.529. The molecule has 0 saturated carbocycles. The zero-order valence-corrected chi connectivity index (χ0v) is 14.4. The van der Waals surface area contributed by atoms with Crippen molar-refractivity contribution in [3.8, 4) is 0 Å². The second-order valence-corrected chi connectivity index (χ2v) is 6.74. The molecular formula is C17H28N4O2. The smallest absolute Gasteiger partial charge is 0.312 e. The molecule has 0 fully saturated rings. The Bertz CT molecular complexity index is 557. The number of nitrogens with zero attached hydrogens (tertiary/aromatic N) is 1. The summed E-state index contributed by atoms with van der Waals surface area (Å²) in [6, 6.07) is 6.55. The summed E-state index contributed by atoms with van der Waals surface area (Å²) in [5.41, 5.74) is 12.7. The third kappa shape index (κ3) is 5.90. The standard InChI is InChI=1S/C17H28N4O2/c1-12-7-5-6-8-13(12)14(20-16(19)23)9-15(22)21(4)11-17(2,3)10-18/h5-8,14H,9-11,18H2,1-4H3,(H3,19,20,23). The van der Waals surface area contributed by atoms with Crippen LogP contribution in [0.25, 0.3) is 0 Å². The first kappa shape index (κ1) is 19.0. The van der Waals surface area contributed by atoms with Crippen molar-refractivity contribution in [2.24, 2.45) is 16.9 Å². The Morgan fingerprint density at radius 2 is 1.91 bits per heavy atom. The van der Waals surface area contributed by atoms with Crippen molar-refractivity contribution in [3.63, 3.8) is 0 Å². The minimum atomic E-state index is -0.643. The molecule has 6 nitrogen and oxygen atoms in total. The van der Waals surface area contributed by atoms with Gasteiger partial charge in [-0.1, -0.05) is 38.1 Å². The first-order chi connectivity index (χ1) is 10.7. The Morgan fingerprint density at radius 3 is 2.43 bits per heavy atom. The molecule has 3 amide bonds. The highest BCUT2D eigenvalue weighted by Crippen LogP contribution is 2.22. The largest absolute Gasteiger partial charge is 0.352 e. The molecule has 0 radical (unpaired) electrons. The Labute approximate surface area is 138 Å². The van der Waals surface area contributed by atoms with Crippen molar-refractivity contribution < 1.29 is 9.59 Å². The molecule has 0 aliphatic heterocycles. The maximum atomic E-state index is 12.5. The Morgan fingerprint density at radius 1 is 1.30 bits per heavy atom. The van der Waals surface area contributed by atoms with Crippen molar-refractivity contribution in [2.75, 3.05) is 20.1 Å². The number of nitrogens with one attached hydrogen (secondary N) is 1. The van der Waals surface area contributed by atoms with Crippen LogP contribution in [0.2, 0.25) is 0 Å². The van der Waals surface area contributed by atoms with Gasteiger partial charge in [-0.25, -0.2) is 4.79 Å². The van der Waals surface area contributed by atoms with Gasteiger partial charge in [0.1, 0.15) is 0 Å². The van der Waals surface area contributed by atoms with E-state index in [1.807, 2.05) is 45.0 Å². The lowest BCUT2D eigenvalue weighted by Crippen LogP contribution is -2.42. The van der Waals surface area contributed by atoms with Gasteiger partial charge in [-0.3, -0.25) is 4.79 Å². The van der Waals surface area contributed by atoms with E-state index in [9.17, 15) is 9.59 Å². The highest BCUT2D eigenvalue weighted by molar-refractivity contribution is 5.79. The molecule has 23 heavy (non-hydrogen) atoms. The van der Waals surface area contributed by atoms with E-state index in [1.165, 1.54) is 0 Å². The summed E-state index contributed by atoms with van der Waals surface area (Å²) in [6.45, 7) is 7.01. The molecule has 0 aliphatic carbocycles. The number of nitrogens with two attached hydrogens (primary N) is 2. The zero-order valence-electron chi connectivity index (χ0n) is 14.4. The first-order valence-electron chi connectivity index (χ1n) is 7.72. The second kappa shape index (κ2) is 7.97. The van der Waals surface area contributed by atoms with Gasteiger partial charge in [0.05, 0.1) is 12.5 Å². The summed E-state index contributed by atoms with van der Waals surface area (Å²) < 4.78 is 0. The normalized spacial score (nSPS) is 12.6. The average Bonchev–Trinajstić information content (AvgIpc) is 2.46. The van der Waals surface area contributed by atoms with Crippen molar-refractivity contribution >= 4 is 11.9 Å². The van der Waals surface area contributed by atoms with Crippen LogP contribution < -0.4 is 16.8 Å². The molecule has 1 aromatic rings. The summed E-state index contributed by atoms with van der Waals surface area (Å²) in [4.78, 5) is 25.5. The number of carbonyl (C=O) groups is 2. The third-order valence-electron chi connectivity index (χ3n) is 3.90. The number of primary amides is 1. The molecule has 0 spiro atoms. The van der Waals surface area contributed by atoms with Crippen LogP contribution in [0.3, 0.4) is 0 Å². The SMILES string of the molecule is Cc1ccccc1C(CC(=O)N(C)CC(C)(C)CN)NC(N)=O. The average molecular weight is 320 g/mol. The number of urea groups is 1. The van der Waals surface area contributed by atoms with E-state index < -0.39 is 12.1 Å². The molecule has 0 bridgehead atoms. The van der Waals surface area contributed by atoms with E-state index in [-0.39, 0.29) is 17.7 Å². The lowest BCUT2D eigenvalue weighted by atomic mass is 9.92. The van der Waals surface area contributed by atoms with Gasteiger partial charge in [-0.2, -0.15) is 0 Å². The van der Waals surface area contributed by atoms with E-state index in [0.717, 1.165) is 11.1 Å². The molecule has 0 saturated heterocycles. The van der Waals surface area contributed by atoms with Gasteiger partial charge >= 0.3 is 6.03 Å². The van der Waals surface area contributed by atoms with Crippen LogP contribution in [0.1, 0.15) is 37.4 Å². The van der Waals surface area contributed by atoms with Crippen molar-refractivity contribution in [3.05, 3.63) is 35.4 Å². The topological polar surface area (TPSA) is 101 Å². The minimum Gasteiger partial charge on any atom is -0.352 e. The predicted octanol–water partition coefficient (Wildman–Crippen LogP) is 1.54. The Hall–Kier alpha value is -2.08. The van der Waals surface area contributed by atoms with E-state index >= 15 is 0 Å². The van der Waals surface area contributed by atoms with Gasteiger partial charge < -0.3 is 21.7 Å². The predicted molar refractivity (Wildman–Crippen MR) is 91.7 cm³/mol. The summed E-state index contributed by atoms with van der Waals surface area (Å²) in [5, 5.41) is 2.67. The fourth-order valence-corrected chi connectivity index (χ4v) is 2.51. The molecule has 0 aliphatic rings. The van der Waals surface area contributed by atoms with Gasteiger partial charge in [0.2, 0.25) is 5.91 Å². The molecule has 1 rings (SSSR count). The molecule has 0 heterocycles. The van der Waals surface area contributed by atoms with Crippen LogP contribution in [0.15, 0.2) is 24.3 Å². The van der Waals surface area contributed by atoms with E-state index in [4.69, 9.17) is 11.5 Å². The van der Waals surface area contributed by atoms with Gasteiger partial charge in [0, 0.05) is 13.6 Å². The number of carbonyl (C=O) groups excluding carboxylic acids is 2. The lowest BCUT2D eigenvalue weighted by molar-refractivity contribution is -0.131. The van der Waals surface area contributed by atoms with Gasteiger partial charge in [-0.05, 0) is 30.0 Å². The summed E-state index contributed by atoms with van der Waals surface area (Å²) in [6.07, 6.45) is 0.158. The van der Waals surface area contributed by atoms with Crippen LogP contribution in [0.4, 0.5) is 4.79 Å². The maximum absolute atomic E-state index is 12.5. The number of rotatable bonds is 7. The zero-order chi connectivity index (χ0) is 17.6. The van der Waals surface area contributed by atoms with Crippen LogP contribution in [0.5, 0.6) is 0 Å². The third-order valence-corrected chi connectivity index (χ3v) is 3.90. The molecule has 0 aromatic heterocycles. The van der Waals surface area contributed by atoms with Crippen molar-refractivity contribution in [2.45, 2.75) is 33.2 Å². The van der Waals surface area contributed by atoms with Gasteiger partial charge in [0.15, 0.2) is 0 Å². The molecule has 128 valence electrons. The van der Waals surface area contributed by atoms with Crippen LogP contribution in [-0.2, 0) is 4.79 Å².